The Bertz CT molecular complexity index is 849. The van der Waals surface area contributed by atoms with E-state index in [9.17, 15) is 15.0 Å². The third-order valence-electron chi connectivity index (χ3n) is 5.22. The minimum absolute atomic E-state index is 0.233. The molecule has 8 nitrogen and oxygen atoms in total. The lowest BCUT2D eigenvalue weighted by Gasteiger charge is -2.49. The van der Waals surface area contributed by atoms with Gasteiger partial charge in [-0.3, -0.25) is 14.7 Å². The fourth-order valence-corrected chi connectivity index (χ4v) is 3.87. The maximum atomic E-state index is 13.0. The molecule has 1 aliphatic carbocycles. The van der Waals surface area contributed by atoms with Crippen molar-refractivity contribution in [2.45, 2.75) is 43.8 Å². The van der Waals surface area contributed by atoms with E-state index in [-0.39, 0.29) is 6.61 Å². The predicted octanol–water partition coefficient (Wildman–Crippen LogP) is 0.609. The minimum Gasteiger partial charge on any atom is -0.488 e. The molecule has 1 aromatic carbocycles. The highest BCUT2D eigenvalue weighted by molar-refractivity contribution is 5.95. The van der Waals surface area contributed by atoms with Crippen molar-refractivity contribution in [3.63, 3.8) is 0 Å². The van der Waals surface area contributed by atoms with Gasteiger partial charge in [0.25, 0.3) is 5.91 Å². The second kappa shape index (κ2) is 5.29. The molecular formula is C17H17N3O5. The van der Waals surface area contributed by atoms with Crippen LogP contribution in [0.4, 0.5) is 0 Å². The van der Waals surface area contributed by atoms with E-state index >= 15 is 0 Å². The predicted molar refractivity (Wildman–Crippen MR) is 84.4 cm³/mol. The highest BCUT2D eigenvalue weighted by Gasteiger charge is 2.50. The average molecular weight is 343 g/mol. The summed E-state index contributed by atoms with van der Waals surface area (Å²) in [4.78, 5) is 18.6. The molecule has 25 heavy (non-hydrogen) atoms. The number of H-pyrrole nitrogens is 1. The zero-order valence-corrected chi connectivity index (χ0v) is 13.3. The van der Waals surface area contributed by atoms with Gasteiger partial charge in [0.15, 0.2) is 0 Å². The average Bonchev–Trinajstić information content (AvgIpc) is 3.09. The van der Waals surface area contributed by atoms with Gasteiger partial charge in [0.1, 0.15) is 42.1 Å². The van der Waals surface area contributed by atoms with Crippen molar-refractivity contribution < 1.29 is 24.6 Å². The largest absolute Gasteiger partial charge is 0.488 e. The highest BCUT2D eigenvalue weighted by atomic mass is 16.7. The number of carbonyl (C=O) groups excluding carboxylic acids is 1. The number of rotatable bonds is 1. The number of hydroxylamine groups is 2. The van der Waals surface area contributed by atoms with Crippen molar-refractivity contribution in [2.24, 2.45) is 0 Å². The molecule has 1 saturated carbocycles. The van der Waals surface area contributed by atoms with Gasteiger partial charge in [-0.05, 0) is 25.0 Å². The topological polar surface area (TPSA) is 108 Å². The number of ether oxygens (including phenoxy) is 1. The van der Waals surface area contributed by atoms with Crippen LogP contribution in [0.3, 0.4) is 0 Å². The van der Waals surface area contributed by atoms with Crippen molar-refractivity contribution >= 4 is 5.91 Å². The first-order valence-corrected chi connectivity index (χ1v) is 8.31. The lowest BCUT2D eigenvalue weighted by molar-refractivity contribution is -0.306. The Morgan fingerprint density at radius 1 is 1.24 bits per heavy atom. The molecule has 0 unspecified atom stereocenters. The van der Waals surface area contributed by atoms with Crippen LogP contribution in [0.15, 0.2) is 24.3 Å². The molecule has 3 aliphatic heterocycles. The summed E-state index contributed by atoms with van der Waals surface area (Å²) in [7, 11) is 0. The quantitative estimate of drug-likeness (QED) is 0.700. The molecule has 1 amide bonds. The SMILES string of the molecule is O=C(c1[nH]nc2c1COc1ccccc1-2)N1O[C@@H]2CC[C@H]1[C@@H](O)[C@H]2O. The first-order valence-electron chi connectivity index (χ1n) is 8.31. The van der Waals surface area contributed by atoms with Gasteiger partial charge in [0.2, 0.25) is 0 Å². The lowest BCUT2D eigenvalue weighted by Crippen LogP contribution is -2.65. The molecular weight excluding hydrogens is 326 g/mol. The van der Waals surface area contributed by atoms with Crippen LogP contribution in [0.1, 0.15) is 28.9 Å². The number of nitrogens with one attached hydrogen (secondary N) is 1. The fraction of sp³-hybridized carbons (Fsp3) is 0.412. The normalized spacial score (nSPS) is 29.8. The Labute approximate surface area is 142 Å². The number of carbonyl (C=O) groups is 1. The number of aliphatic hydroxyl groups excluding tert-OH is 2. The van der Waals surface area contributed by atoms with Crippen molar-refractivity contribution in [3.8, 4) is 17.0 Å². The minimum atomic E-state index is -1.01. The number of aliphatic hydroxyl groups is 2. The molecule has 0 spiro atoms. The third-order valence-corrected chi connectivity index (χ3v) is 5.22. The van der Waals surface area contributed by atoms with Crippen LogP contribution in [0, 0.1) is 0 Å². The summed E-state index contributed by atoms with van der Waals surface area (Å²) in [6, 6.07) is 6.95. The van der Waals surface area contributed by atoms with E-state index in [1.54, 1.807) is 0 Å². The number of hydrogen-bond acceptors (Lipinski definition) is 6. The van der Waals surface area contributed by atoms with Crippen LogP contribution in [-0.4, -0.2) is 55.7 Å². The van der Waals surface area contributed by atoms with E-state index < -0.39 is 30.3 Å². The van der Waals surface area contributed by atoms with Gasteiger partial charge in [-0.1, -0.05) is 12.1 Å². The molecule has 130 valence electrons. The van der Waals surface area contributed by atoms with E-state index in [0.29, 0.717) is 29.8 Å². The summed E-state index contributed by atoms with van der Waals surface area (Å²) in [5.74, 6) is 0.324. The molecule has 2 aromatic rings. The lowest BCUT2D eigenvalue weighted by atomic mass is 9.85. The number of hydrogen-bond donors (Lipinski definition) is 3. The molecule has 0 radical (unpaired) electrons. The summed E-state index contributed by atoms with van der Waals surface area (Å²) in [6.45, 7) is 0.233. The molecule has 6 rings (SSSR count). The molecule has 4 atom stereocenters. The Hall–Kier alpha value is -2.42. The number of para-hydroxylation sites is 1. The second-order valence-corrected chi connectivity index (χ2v) is 6.61. The number of nitrogens with zero attached hydrogens (tertiary/aromatic N) is 2. The number of aromatic amines is 1. The van der Waals surface area contributed by atoms with Gasteiger partial charge in [-0.15, -0.1) is 0 Å². The molecule has 4 aliphatic rings. The van der Waals surface area contributed by atoms with E-state index in [0.717, 1.165) is 11.3 Å². The Morgan fingerprint density at radius 3 is 2.92 bits per heavy atom. The number of aromatic nitrogens is 2. The Kier molecular flexibility index (Phi) is 3.15. The van der Waals surface area contributed by atoms with Crippen molar-refractivity contribution in [3.05, 3.63) is 35.5 Å². The molecule has 8 heteroatoms. The summed E-state index contributed by atoms with van der Waals surface area (Å²) in [5, 5.41) is 28.4. The van der Waals surface area contributed by atoms with E-state index in [2.05, 4.69) is 10.2 Å². The van der Waals surface area contributed by atoms with Crippen LogP contribution in [0.2, 0.25) is 0 Å². The van der Waals surface area contributed by atoms with Crippen LogP contribution in [0.5, 0.6) is 5.75 Å². The summed E-state index contributed by atoms with van der Waals surface area (Å²) >= 11 is 0. The van der Waals surface area contributed by atoms with Crippen molar-refractivity contribution in [1.82, 2.24) is 15.3 Å². The maximum Gasteiger partial charge on any atom is 0.296 e. The zero-order valence-electron chi connectivity index (χ0n) is 13.3. The van der Waals surface area contributed by atoms with Crippen LogP contribution < -0.4 is 4.74 Å². The van der Waals surface area contributed by atoms with Gasteiger partial charge in [-0.2, -0.15) is 5.10 Å². The van der Waals surface area contributed by atoms with Gasteiger partial charge in [0.05, 0.1) is 6.04 Å². The first-order chi connectivity index (χ1) is 12.1. The summed E-state index contributed by atoms with van der Waals surface area (Å²) < 4.78 is 5.73. The maximum absolute atomic E-state index is 13.0. The van der Waals surface area contributed by atoms with E-state index in [1.807, 2.05) is 24.3 Å². The second-order valence-electron chi connectivity index (χ2n) is 6.61. The van der Waals surface area contributed by atoms with Gasteiger partial charge >= 0.3 is 0 Å². The monoisotopic (exact) mass is 343 g/mol. The van der Waals surface area contributed by atoms with Crippen LogP contribution in [0.25, 0.3) is 11.3 Å². The van der Waals surface area contributed by atoms with E-state index in [1.165, 1.54) is 5.06 Å². The molecule has 2 saturated heterocycles. The molecule has 4 heterocycles. The third kappa shape index (κ3) is 2.05. The number of benzene rings is 1. The standard InChI is InChI=1S/C17H17N3O5/c21-15-10-5-6-12(16(15)22)25-20(10)17(23)14-9-7-24-11-4-2-1-3-8(11)13(9)18-19-14/h1-4,10,12,15-16,21-22H,5-7H2,(H,18,19)/t10-,12+,15+,16-/m0/s1. The molecule has 3 fully saturated rings. The van der Waals surface area contributed by atoms with Crippen LogP contribution >= 0.6 is 0 Å². The number of fused-ring (bicyclic) bond motifs is 6. The first kappa shape index (κ1) is 14.9. The van der Waals surface area contributed by atoms with Crippen LogP contribution in [-0.2, 0) is 11.4 Å². The summed E-state index contributed by atoms with van der Waals surface area (Å²) in [6.07, 6.45) is -1.34. The Balaban J connectivity index is 1.50. The highest BCUT2D eigenvalue weighted by Crippen LogP contribution is 2.39. The Morgan fingerprint density at radius 2 is 2.08 bits per heavy atom. The zero-order chi connectivity index (χ0) is 17.1. The van der Waals surface area contributed by atoms with Crippen molar-refractivity contribution in [2.75, 3.05) is 0 Å². The smallest absolute Gasteiger partial charge is 0.296 e. The van der Waals surface area contributed by atoms with Gasteiger partial charge in [-0.25, -0.2) is 5.06 Å². The summed E-state index contributed by atoms with van der Waals surface area (Å²) in [5.41, 5.74) is 2.48. The fourth-order valence-electron chi connectivity index (χ4n) is 3.87. The van der Waals surface area contributed by atoms with E-state index in [4.69, 9.17) is 9.57 Å². The molecule has 2 bridgehead atoms. The van der Waals surface area contributed by atoms with Crippen molar-refractivity contribution in [1.29, 1.82) is 0 Å². The molecule has 3 N–H and O–H groups in total. The molecule has 1 aromatic heterocycles. The van der Waals surface area contributed by atoms with Gasteiger partial charge < -0.3 is 14.9 Å². The number of amides is 1. The van der Waals surface area contributed by atoms with Gasteiger partial charge in [0, 0.05) is 11.1 Å².